The quantitative estimate of drug-likeness (QED) is 0.908. The van der Waals surface area contributed by atoms with Gasteiger partial charge in [-0.1, -0.05) is 43.6 Å². The van der Waals surface area contributed by atoms with Crippen LogP contribution in [-0.2, 0) is 9.84 Å². The summed E-state index contributed by atoms with van der Waals surface area (Å²) in [6, 6.07) is 8.00. The number of benzene rings is 1. The van der Waals surface area contributed by atoms with Gasteiger partial charge in [0.05, 0.1) is 11.5 Å². The van der Waals surface area contributed by atoms with Crippen LogP contribution in [0.5, 0.6) is 0 Å². The smallest absolute Gasteiger partial charge is 0.150 e. The van der Waals surface area contributed by atoms with Crippen LogP contribution >= 0.6 is 11.6 Å². The van der Waals surface area contributed by atoms with Crippen LogP contribution in [0.3, 0.4) is 0 Å². The molecule has 0 spiro atoms. The van der Waals surface area contributed by atoms with Gasteiger partial charge in [-0.15, -0.1) is 0 Å². The summed E-state index contributed by atoms with van der Waals surface area (Å²) in [4.78, 5) is 0. The molecule has 0 unspecified atom stereocenters. The Balaban J connectivity index is 2.03. The van der Waals surface area contributed by atoms with Gasteiger partial charge >= 0.3 is 0 Å². The summed E-state index contributed by atoms with van der Waals surface area (Å²) in [5, 5.41) is 4.27. The molecule has 0 bridgehead atoms. The Morgan fingerprint density at radius 2 is 2.05 bits per heavy atom. The number of sulfone groups is 1. The first kappa shape index (κ1) is 15.8. The number of nitrogens with one attached hydrogen (secondary N) is 1. The fourth-order valence-electron chi connectivity index (χ4n) is 2.76. The molecule has 1 saturated heterocycles. The minimum Gasteiger partial charge on any atom is -0.309 e. The normalized spacial score (nSPS) is 23.1. The minimum absolute atomic E-state index is 0.159. The Hall–Kier alpha value is -0.580. The molecule has 3 nitrogen and oxygen atoms in total. The molecule has 1 aliphatic heterocycles. The van der Waals surface area contributed by atoms with E-state index in [2.05, 4.69) is 19.2 Å². The van der Waals surface area contributed by atoms with Crippen LogP contribution in [0.15, 0.2) is 24.3 Å². The average Bonchev–Trinajstić information content (AvgIpc) is 2.71. The summed E-state index contributed by atoms with van der Waals surface area (Å²) >= 11 is 6.27. The van der Waals surface area contributed by atoms with E-state index in [9.17, 15) is 8.42 Å². The maximum atomic E-state index is 11.5. The summed E-state index contributed by atoms with van der Waals surface area (Å²) in [7, 11) is -2.80. The van der Waals surface area contributed by atoms with Crippen molar-refractivity contribution in [2.24, 2.45) is 11.8 Å². The van der Waals surface area contributed by atoms with Crippen molar-refractivity contribution in [3.8, 4) is 0 Å². The standard InChI is InChI=1S/C15H22ClNO2S/c1-11(2)15(13-5-3-4-6-14(13)16)17-9-12-7-8-20(18,19)10-12/h3-6,11-12,15,17H,7-10H2,1-2H3/t12-,15+/m0/s1. The van der Waals surface area contributed by atoms with Gasteiger partial charge in [0.1, 0.15) is 0 Å². The average molecular weight is 316 g/mol. The summed E-state index contributed by atoms with van der Waals surface area (Å²) < 4.78 is 23.0. The molecule has 1 N–H and O–H groups in total. The molecule has 2 rings (SSSR count). The van der Waals surface area contributed by atoms with E-state index in [1.807, 2.05) is 24.3 Å². The lowest BCUT2D eigenvalue weighted by Crippen LogP contribution is -2.31. The fourth-order valence-corrected chi connectivity index (χ4v) is 4.87. The van der Waals surface area contributed by atoms with Gasteiger partial charge in [0.15, 0.2) is 9.84 Å². The van der Waals surface area contributed by atoms with E-state index in [4.69, 9.17) is 11.6 Å². The first-order chi connectivity index (χ1) is 9.39. The first-order valence-corrected chi connectivity index (χ1v) is 9.27. The van der Waals surface area contributed by atoms with Crippen molar-refractivity contribution >= 4 is 21.4 Å². The van der Waals surface area contributed by atoms with Gasteiger partial charge in [-0.05, 0) is 36.4 Å². The number of rotatable bonds is 5. The third-order valence-corrected chi connectivity index (χ3v) is 6.04. The molecule has 20 heavy (non-hydrogen) atoms. The molecule has 1 fully saturated rings. The third-order valence-electron chi connectivity index (χ3n) is 3.86. The number of halogens is 1. The van der Waals surface area contributed by atoms with Gasteiger partial charge < -0.3 is 5.32 Å². The molecule has 0 aliphatic carbocycles. The summed E-state index contributed by atoms with van der Waals surface area (Å²) in [6.45, 7) is 5.02. The molecular formula is C15H22ClNO2S. The zero-order valence-corrected chi connectivity index (χ0v) is 13.5. The van der Waals surface area contributed by atoms with Crippen molar-refractivity contribution in [1.29, 1.82) is 0 Å². The third kappa shape index (κ3) is 3.96. The number of hydrogen-bond acceptors (Lipinski definition) is 3. The first-order valence-electron chi connectivity index (χ1n) is 7.07. The Kier molecular flexibility index (Phi) is 5.10. The van der Waals surface area contributed by atoms with Crippen molar-refractivity contribution in [2.45, 2.75) is 26.3 Å². The van der Waals surface area contributed by atoms with Gasteiger partial charge in [-0.25, -0.2) is 8.42 Å². The molecule has 1 aromatic carbocycles. The van der Waals surface area contributed by atoms with Crippen LogP contribution in [0, 0.1) is 11.8 Å². The van der Waals surface area contributed by atoms with Crippen LogP contribution in [0.4, 0.5) is 0 Å². The maximum absolute atomic E-state index is 11.5. The molecule has 1 aliphatic rings. The second-order valence-electron chi connectivity index (χ2n) is 5.92. The molecule has 5 heteroatoms. The molecule has 0 saturated carbocycles. The highest BCUT2D eigenvalue weighted by Crippen LogP contribution is 2.29. The lowest BCUT2D eigenvalue weighted by atomic mass is 9.95. The Morgan fingerprint density at radius 1 is 1.35 bits per heavy atom. The predicted molar refractivity (Wildman–Crippen MR) is 83.8 cm³/mol. The van der Waals surface area contributed by atoms with Crippen molar-refractivity contribution in [3.05, 3.63) is 34.9 Å². The number of hydrogen-bond donors (Lipinski definition) is 1. The van der Waals surface area contributed by atoms with Gasteiger partial charge in [-0.3, -0.25) is 0 Å². The van der Waals surface area contributed by atoms with E-state index in [0.29, 0.717) is 17.4 Å². The van der Waals surface area contributed by atoms with E-state index in [0.717, 1.165) is 23.6 Å². The van der Waals surface area contributed by atoms with Gasteiger partial charge in [0, 0.05) is 11.1 Å². The van der Waals surface area contributed by atoms with Gasteiger partial charge in [0.25, 0.3) is 0 Å². The van der Waals surface area contributed by atoms with Crippen molar-refractivity contribution in [1.82, 2.24) is 5.32 Å². The highest BCUT2D eigenvalue weighted by Gasteiger charge is 2.28. The highest BCUT2D eigenvalue weighted by atomic mass is 35.5. The van der Waals surface area contributed by atoms with Crippen LogP contribution < -0.4 is 5.32 Å². The topological polar surface area (TPSA) is 46.2 Å². The SMILES string of the molecule is CC(C)[C@@H](NC[C@@H]1CCS(=O)(=O)C1)c1ccccc1Cl. The van der Waals surface area contributed by atoms with E-state index >= 15 is 0 Å². The molecular weight excluding hydrogens is 294 g/mol. The summed E-state index contributed by atoms with van der Waals surface area (Å²) in [5.74, 6) is 1.27. The van der Waals surface area contributed by atoms with Gasteiger partial charge in [0.2, 0.25) is 0 Å². The van der Waals surface area contributed by atoms with Gasteiger partial charge in [-0.2, -0.15) is 0 Å². The lowest BCUT2D eigenvalue weighted by molar-refractivity contribution is 0.381. The molecule has 0 radical (unpaired) electrons. The highest BCUT2D eigenvalue weighted by molar-refractivity contribution is 7.91. The Morgan fingerprint density at radius 3 is 2.60 bits per heavy atom. The van der Waals surface area contributed by atoms with Crippen molar-refractivity contribution in [2.75, 3.05) is 18.1 Å². The van der Waals surface area contributed by atoms with Crippen LogP contribution in [-0.4, -0.2) is 26.5 Å². The maximum Gasteiger partial charge on any atom is 0.150 e. The Labute approximate surface area is 126 Å². The second-order valence-corrected chi connectivity index (χ2v) is 8.56. The molecule has 0 amide bonds. The van der Waals surface area contributed by atoms with E-state index in [-0.39, 0.29) is 12.0 Å². The monoisotopic (exact) mass is 315 g/mol. The zero-order valence-electron chi connectivity index (χ0n) is 12.0. The van der Waals surface area contributed by atoms with E-state index in [1.165, 1.54) is 0 Å². The zero-order chi connectivity index (χ0) is 14.8. The molecule has 1 heterocycles. The Bertz CT molecular complexity index is 557. The molecule has 1 aromatic rings. The summed E-state index contributed by atoms with van der Waals surface area (Å²) in [5.41, 5.74) is 1.09. The fraction of sp³-hybridized carbons (Fsp3) is 0.600. The van der Waals surface area contributed by atoms with E-state index in [1.54, 1.807) is 0 Å². The van der Waals surface area contributed by atoms with Crippen LogP contribution in [0.1, 0.15) is 31.9 Å². The van der Waals surface area contributed by atoms with Crippen molar-refractivity contribution in [3.63, 3.8) is 0 Å². The largest absolute Gasteiger partial charge is 0.309 e. The predicted octanol–water partition coefficient (Wildman–Crippen LogP) is 3.06. The molecule has 2 atom stereocenters. The van der Waals surface area contributed by atoms with Crippen LogP contribution in [0.25, 0.3) is 0 Å². The van der Waals surface area contributed by atoms with Crippen LogP contribution in [0.2, 0.25) is 5.02 Å². The molecule has 112 valence electrons. The lowest BCUT2D eigenvalue weighted by Gasteiger charge is -2.25. The minimum atomic E-state index is -2.80. The second kappa shape index (κ2) is 6.46. The molecule has 0 aromatic heterocycles. The van der Waals surface area contributed by atoms with Crippen molar-refractivity contribution < 1.29 is 8.42 Å². The summed E-state index contributed by atoms with van der Waals surface area (Å²) in [6.07, 6.45) is 0.767. The van der Waals surface area contributed by atoms with E-state index < -0.39 is 9.84 Å².